The highest BCUT2D eigenvalue weighted by Gasteiger charge is 2.21. The second-order valence-electron chi connectivity index (χ2n) is 6.53. The van der Waals surface area contributed by atoms with Crippen molar-refractivity contribution in [1.29, 1.82) is 0 Å². The molecule has 1 atom stereocenters. The smallest absolute Gasteiger partial charge is 0.0646 e. The molecule has 0 aliphatic carbocycles. The Morgan fingerprint density at radius 3 is 3.00 bits per heavy atom. The molecule has 0 amide bonds. The van der Waals surface area contributed by atoms with Gasteiger partial charge in [-0.1, -0.05) is 31.5 Å². The maximum absolute atomic E-state index is 4.43. The lowest BCUT2D eigenvalue weighted by molar-refractivity contribution is 0.163. The highest BCUT2D eigenvalue weighted by molar-refractivity contribution is 5.31. The molecule has 1 aromatic heterocycles. The van der Waals surface area contributed by atoms with Crippen molar-refractivity contribution in [3.8, 4) is 0 Å². The van der Waals surface area contributed by atoms with Crippen LogP contribution in [-0.2, 0) is 13.0 Å². The van der Waals surface area contributed by atoms with Gasteiger partial charge in [-0.2, -0.15) is 5.10 Å². The van der Waals surface area contributed by atoms with Crippen LogP contribution >= 0.6 is 0 Å². The van der Waals surface area contributed by atoms with Crippen LogP contribution in [0.25, 0.3) is 0 Å². The van der Waals surface area contributed by atoms with E-state index in [2.05, 4.69) is 52.9 Å². The minimum Gasteiger partial charge on any atom is -0.297 e. The Hall–Kier alpha value is -1.61. The fourth-order valence-electron chi connectivity index (χ4n) is 3.47. The van der Waals surface area contributed by atoms with E-state index < -0.39 is 0 Å². The summed E-state index contributed by atoms with van der Waals surface area (Å²) in [5, 5.41) is 4.43. The molecule has 0 radical (unpaired) electrons. The molecule has 3 nitrogen and oxygen atoms in total. The van der Waals surface area contributed by atoms with Gasteiger partial charge in [0.25, 0.3) is 0 Å². The molecule has 0 spiro atoms. The minimum atomic E-state index is 0.530. The number of hydrogen-bond acceptors (Lipinski definition) is 2. The number of aromatic nitrogens is 2. The normalized spacial score (nSPS) is 19.5. The van der Waals surface area contributed by atoms with Crippen molar-refractivity contribution in [2.24, 2.45) is 0 Å². The van der Waals surface area contributed by atoms with E-state index in [-0.39, 0.29) is 0 Å². The van der Waals surface area contributed by atoms with Gasteiger partial charge in [-0.05, 0) is 55.5 Å². The van der Waals surface area contributed by atoms with Crippen LogP contribution in [0.2, 0.25) is 0 Å². The fraction of sp³-hybridized carbons (Fsp3) is 0.526. The number of likely N-dealkylation sites (tertiary alicyclic amines) is 1. The van der Waals surface area contributed by atoms with E-state index in [9.17, 15) is 0 Å². The van der Waals surface area contributed by atoms with Gasteiger partial charge in [-0.3, -0.25) is 9.58 Å². The second kappa shape index (κ2) is 7.10. The number of nitrogens with zero attached hydrogens (tertiary/aromatic N) is 3. The molecule has 118 valence electrons. The molecule has 2 aromatic rings. The van der Waals surface area contributed by atoms with Crippen molar-refractivity contribution in [3.05, 3.63) is 53.3 Å². The van der Waals surface area contributed by atoms with E-state index in [1.807, 2.05) is 12.3 Å². The van der Waals surface area contributed by atoms with Gasteiger partial charge in [0.05, 0.1) is 6.04 Å². The summed E-state index contributed by atoms with van der Waals surface area (Å²) in [6.45, 7) is 7.87. The van der Waals surface area contributed by atoms with Gasteiger partial charge >= 0.3 is 0 Å². The summed E-state index contributed by atoms with van der Waals surface area (Å²) in [5.41, 5.74) is 4.39. The maximum Gasteiger partial charge on any atom is 0.0646 e. The number of hydrogen-bond donors (Lipinski definition) is 0. The van der Waals surface area contributed by atoms with Crippen LogP contribution in [-0.4, -0.2) is 27.8 Å². The molecule has 1 saturated heterocycles. The van der Waals surface area contributed by atoms with Gasteiger partial charge in [-0.25, -0.2) is 0 Å². The lowest BCUT2D eigenvalue weighted by Crippen LogP contribution is -2.36. The maximum atomic E-state index is 4.43. The summed E-state index contributed by atoms with van der Waals surface area (Å²) < 4.78 is 2.13. The summed E-state index contributed by atoms with van der Waals surface area (Å²) in [7, 11) is 0. The summed E-state index contributed by atoms with van der Waals surface area (Å²) in [5.74, 6) is 0. The van der Waals surface area contributed by atoms with Crippen molar-refractivity contribution < 1.29 is 0 Å². The molecule has 1 unspecified atom stereocenters. The van der Waals surface area contributed by atoms with Crippen LogP contribution in [0.5, 0.6) is 0 Å². The van der Waals surface area contributed by atoms with Crippen LogP contribution in [0.1, 0.15) is 48.9 Å². The van der Waals surface area contributed by atoms with Crippen LogP contribution in [0.15, 0.2) is 36.7 Å². The first-order valence-electron chi connectivity index (χ1n) is 8.56. The Kier molecular flexibility index (Phi) is 4.94. The van der Waals surface area contributed by atoms with Gasteiger partial charge in [0.2, 0.25) is 0 Å². The Labute approximate surface area is 133 Å². The zero-order valence-corrected chi connectivity index (χ0v) is 13.8. The van der Waals surface area contributed by atoms with Crippen LogP contribution in [0.4, 0.5) is 0 Å². The first kappa shape index (κ1) is 15.3. The van der Waals surface area contributed by atoms with Crippen molar-refractivity contribution in [2.45, 2.75) is 52.1 Å². The van der Waals surface area contributed by atoms with Crippen LogP contribution in [0, 0.1) is 6.92 Å². The number of piperidine rings is 1. The third-order valence-corrected chi connectivity index (χ3v) is 4.73. The monoisotopic (exact) mass is 297 g/mol. The van der Waals surface area contributed by atoms with Gasteiger partial charge in [0, 0.05) is 25.5 Å². The van der Waals surface area contributed by atoms with Crippen molar-refractivity contribution in [1.82, 2.24) is 14.7 Å². The lowest BCUT2D eigenvalue weighted by Gasteiger charge is -2.33. The Morgan fingerprint density at radius 1 is 1.32 bits per heavy atom. The SMILES string of the molecule is CCCc1ccc(C)c(CN2CCCC(n3cccn3)C2)c1. The zero-order chi connectivity index (χ0) is 15.4. The van der Waals surface area contributed by atoms with Gasteiger partial charge in [0.1, 0.15) is 0 Å². The summed E-state index contributed by atoms with van der Waals surface area (Å²) in [6, 6.07) is 9.54. The predicted molar refractivity (Wildman–Crippen MR) is 90.9 cm³/mol. The van der Waals surface area contributed by atoms with Gasteiger partial charge in [0.15, 0.2) is 0 Å². The molecular formula is C19H27N3. The Morgan fingerprint density at radius 2 is 2.23 bits per heavy atom. The van der Waals surface area contributed by atoms with E-state index in [1.165, 1.54) is 48.9 Å². The third-order valence-electron chi connectivity index (χ3n) is 4.73. The summed E-state index contributed by atoms with van der Waals surface area (Å²) in [4.78, 5) is 2.59. The minimum absolute atomic E-state index is 0.530. The van der Waals surface area contributed by atoms with Crippen molar-refractivity contribution >= 4 is 0 Å². The zero-order valence-electron chi connectivity index (χ0n) is 13.8. The van der Waals surface area contributed by atoms with Crippen molar-refractivity contribution in [3.63, 3.8) is 0 Å². The number of rotatable bonds is 5. The fourth-order valence-corrected chi connectivity index (χ4v) is 3.47. The van der Waals surface area contributed by atoms with E-state index in [1.54, 1.807) is 0 Å². The van der Waals surface area contributed by atoms with Gasteiger partial charge in [-0.15, -0.1) is 0 Å². The molecule has 1 aliphatic heterocycles. The Balaban J connectivity index is 1.68. The average Bonchev–Trinajstić information content (AvgIpc) is 3.06. The standard InChI is InChI=1S/C19H27N3/c1-3-6-17-9-8-16(2)18(13-17)14-21-11-4-7-19(15-21)22-12-5-10-20-22/h5,8-10,12-13,19H,3-4,6-7,11,14-15H2,1-2H3. The molecule has 1 fully saturated rings. The van der Waals surface area contributed by atoms with E-state index >= 15 is 0 Å². The summed E-state index contributed by atoms with van der Waals surface area (Å²) in [6.07, 6.45) is 8.89. The molecule has 0 N–H and O–H groups in total. The lowest BCUT2D eigenvalue weighted by atomic mass is 10.00. The van der Waals surface area contributed by atoms with E-state index in [4.69, 9.17) is 0 Å². The third kappa shape index (κ3) is 3.58. The second-order valence-corrected chi connectivity index (χ2v) is 6.53. The number of benzene rings is 1. The summed E-state index contributed by atoms with van der Waals surface area (Å²) >= 11 is 0. The quantitative estimate of drug-likeness (QED) is 0.832. The molecule has 0 saturated carbocycles. The molecule has 3 rings (SSSR count). The molecule has 1 aliphatic rings. The first-order valence-corrected chi connectivity index (χ1v) is 8.56. The average molecular weight is 297 g/mol. The van der Waals surface area contributed by atoms with Crippen molar-refractivity contribution in [2.75, 3.05) is 13.1 Å². The highest BCUT2D eigenvalue weighted by atomic mass is 15.3. The van der Waals surface area contributed by atoms with Crippen LogP contribution in [0.3, 0.4) is 0 Å². The molecule has 3 heteroatoms. The molecular weight excluding hydrogens is 270 g/mol. The topological polar surface area (TPSA) is 21.1 Å². The van der Waals surface area contributed by atoms with Gasteiger partial charge < -0.3 is 0 Å². The molecule has 22 heavy (non-hydrogen) atoms. The first-order chi connectivity index (χ1) is 10.8. The molecule has 2 heterocycles. The largest absolute Gasteiger partial charge is 0.297 e. The molecule has 0 bridgehead atoms. The van der Waals surface area contributed by atoms with E-state index in [0.29, 0.717) is 6.04 Å². The number of aryl methyl sites for hydroxylation is 2. The highest BCUT2D eigenvalue weighted by Crippen LogP contribution is 2.23. The predicted octanol–water partition coefficient (Wildman–Crippen LogP) is 3.98. The van der Waals surface area contributed by atoms with E-state index in [0.717, 1.165) is 13.1 Å². The Bertz CT molecular complexity index is 589. The van der Waals surface area contributed by atoms with Crippen LogP contribution < -0.4 is 0 Å². The molecule has 1 aromatic carbocycles.